The van der Waals surface area contributed by atoms with Gasteiger partial charge >= 0.3 is 0 Å². The number of ether oxygens (including phenoxy) is 3. The van der Waals surface area contributed by atoms with Crippen LogP contribution in [0, 0.1) is 23.7 Å². The Kier molecular flexibility index (Phi) is 2.47. The van der Waals surface area contributed by atoms with Crippen LogP contribution >= 0.6 is 0 Å². The van der Waals surface area contributed by atoms with Crippen LogP contribution in [0.1, 0.15) is 46.5 Å². The van der Waals surface area contributed by atoms with Crippen molar-refractivity contribution in [2.24, 2.45) is 23.7 Å². The van der Waals surface area contributed by atoms with Crippen molar-refractivity contribution in [3.05, 3.63) is 0 Å². The summed E-state index contributed by atoms with van der Waals surface area (Å²) in [5, 5.41) is 10.1. The Morgan fingerprint density at radius 3 is 2.68 bits per heavy atom. The largest absolute Gasteiger partial charge is 0.368 e. The maximum absolute atomic E-state index is 10.1. The van der Waals surface area contributed by atoms with Crippen LogP contribution in [0.25, 0.3) is 0 Å². The molecule has 1 spiro atoms. The van der Waals surface area contributed by atoms with Gasteiger partial charge in [0.2, 0.25) is 0 Å². The molecule has 4 heteroatoms. The van der Waals surface area contributed by atoms with E-state index in [2.05, 4.69) is 13.8 Å². The predicted molar refractivity (Wildman–Crippen MR) is 68.0 cm³/mol. The summed E-state index contributed by atoms with van der Waals surface area (Å²) in [5.41, 5.74) is -0.316. The molecule has 0 aromatic heterocycles. The van der Waals surface area contributed by atoms with Gasteiger partial charge in [-0.25, -0.2) is 0 Å². The number of hydrogen-bond donors (Lipinski definition) is 1. The summed E-state index contributed by atoms with van der Waals surface area (Å²) in [6.45, 7) is 6.43. The molecule has 19 heavy (non-hydrogen) atoms. The monoisotopic (exact) mass is 268 g/mol. The van der Waals surface area contributed by atoms with E-state index in [1.165, 1.54) is 6.42 Å². The molecule has 4 rings (SSSR count). The number of fused-ring (bicyclic) bond motifs is 1. The van der Waals surface area contributed by atoms with Gasteiger partial charge in [0.25, 0.3) is 0 Å². The number of hydrogen-bond acceptors (Lipinski definition) is 4. The van der Waals surface area contributed by atoms with Crippen LogP contribution in [0.2, 0.25) is 0 Å². The van der Waals surface area contributed by atoms with Crippen LogP contribution in [0.4, 0.5) is 0 Å². The Labute approximate surface area is 114 Å². The van der Waals surface area contributed by atoms with E-state index in [4.69, 9.17) is 14.2 Å². The van der Waals surface area contributed by atoms with Crippen LogP contribution in [0.15, 0.2) is 0 Å². The lowest BCUT2D eigenvalue weighted by Gasteiger charge is -2.57. The lowest BCUT2D eigenvalue weighted by Crippen LogP contribution is -2.66. The highest BCUT2D eigenvalue weighted by Gasteiger charge is 2.71. The van der Waals surface area contributed by atoms with Crippen LogP contribution < -0.4 is 0 Å². The van der Waals surface area contributed by atoms with Gasteiger partial charge in [-0.05, 0) is 38.0 Å². The number of rotatable bonds is 0. The van der Waals surface area contributed by atoms with E-state index >= 15 is 0 Å². The molecular formula is C15H24O4. The van der Waals surface area contributed by atoms with Crippen molar-refractivity contribution in [1.82, 2.24) is 0 Å². The van der Waals surface area contributed by atoms with Gasteiger partial charge in [-0.2, -0.15) is 0 Å². The first-order valence-corrected chi connectivity index (χ1v) is 7.68. The van der Waals surface area contributed by atoms with E-state index in [0.717, 1.165) is 19.3 Å². The Morgan fingerprint density at radius 2 is 1.89 bits per heavy atom. The van der Waals surface area contributed by atoms with Gasteiger partial charge in [0.15, 0.2) is 18.4 Å². The van der Waals surface area contributed by atoms with Crippen molar-refractivity contribution >= 4 is 0 Å². The second-order valence-electron chi connectivity index (χ2n) is 7.23. The van der Waals surface area contributed by atoms with E-state index in [9.17, 15) is 5.11 Å². The third-order valence-corrected chi connectivity index (χ3v) is 6.15. The van der Waals surface area contributed by atoms with Gasteiger partial charge in [-0.3, -0.25) is 0 Å². The highest BCUT2D eigenvalue weighted by atomic mass is 16.9. The fourth-order valence-corrected chi connectivity index (χ4v) is 5.15. The van der Waals surface area contributed by atoms with E-state index in [0.29, 0.717) is 17.8 Å². The standard InChI is InChI=1S/C15H24O4/c1-8-4-5-11-9(2)12(16)17-13-15(11)10(8)6-7-14(3,18-13)19-15/h8-13,16H,4-7H2,1-3H3/t8-,9-,10+,11+,12?,13-,14?,15-/m1/s1. The van der Waals surface area contributed by atoms with Crippen molar-refractivity contribution in [2.75, 3.05) is 0 Å². The minimum atomic E-state index is -0.721. The summed E-state index contributed by atoms with van der Waals surface area (Å²) in [6.07, 6.45) is 3.30. The molecule has 0 aromatic rings. The second-order valence-corrected chi connectivity index (χ2v) is 7.23. The molecule has 2 unspecified atom stereocenters. The normalized spacial score (nSPS) is 63.8. The third-order valence-electron chi connectivity index (χ3n) is 6.15. The van der Waals surface area contributed by atoms with Gasteiger partial charge in [-0.1, -0.05) is 13.8 Å². The summed E-state index contributed by atoms with van der Waals surface area (Å²) in [5.74, 6) is 1.11. The van der Waals surface area contributed by atoms with Crippen LogP contribution in [-0.2, 0) is 14.2 Å². The fraction of sp³-hybridized carbons (Fsp3) is 1.00. The minimum absolute atomic E-state index is 0.121. The van der Waals surface area contributed by atoms with Gasteiger partial charge in [0, 0.05) is 18.3 Å². The fourth-order valence-electron chi connectivity index (χ4n) is 5.15. The maximum Gasteiger partial charge on any atom is 0.193 e. The zero-order valence-electron chi connectivity index (χ0n) is 12.0. The first-order chi connectivity index (χ1) is 8.96. The van der Waals surface area contributed by atoms with E-state index in [-0.39, 0.29) is 17.8 Å². The zero-order valence-corrected chi connectivity index (χ0v) is 12.0. The van der Waals surface area contributed by atoms with E-state index in [1.807, 2.05) is 6.92 Å². The summed E-state index contributed by atoms with van der Waals surface area (Å²) in [7, 11) is 0. The third kappa shape index (κ3) is 1.44. The maximum atomic E-state index is 10.1. The van der Waals surface area contributed by atoms with Gasteiger partial charge in [0.1, 0.15) is 5.60 Å². The van der Waals surface area contributed by atoms with E-state index < -0.39 is 12.1 Å². The molecule has 3 aliphatic heterocycles. The Bertz CT molecular complexity index is 400. The van der Waals surface area contributed by atoms with E-state index in [1.54, 1.807) is 0 Å². The lowest BCUT2D eigenvalue weighted by atomic mass is 9.57. The predicted octanol–water partition coefficient (Wildman–Crippen LogP) is 2.26. The topological polar surface area (TPSA) is 47.9 Å². The molecule has 0 radical (unpaired) electrons. The quantitative estimate of drug-likeness (QED) is 0.732. The van der Waals surface area contributed by atoms with Crippen LogP contribution in [0.3, 0.4) is 0 Å². The SMILES string of the molecule is C[C@@H]1CC[C@H]2[C@@H](C)C(O)O[C@@H]3OC4(C)CC[C@@H]1[C@]32O4. The molecule has 4 aliphatic rings. The smallest absolute Gasteiger partial charge is 0.193 e. The molecule has 4 fully saturated rings. The molecule has 3 saturated heterocycles. The molecule has 2 bridgehead atoms. The number of aliphatic hydroxyl groups is 1. The molecule has 8 atom stereocenters. The summed E-state index contributed by atoms with van der Waals surface area (Å²) < 4.78 is 18.3. The average molecular weight is 268 g/mol. The first-order valence-electron chi connectivity index (χ1n) is 7.68. The summed E-state index contributed by atoms with van der Waals surface area (Å²) in [4.78, 5) is 0. The molecular weight excluding hydrogens is 244 g/mol. The van der Waals surface area contributed by atoms with Crippen molar-refractivity contribution < 1.29 is 19.3 Å². The molecule has 3 heterocycles. The second kappa shape index (κ2) is 3.73. The number of aliphatic hydroxyl groups excluding tert-OH is 1. The molecule has 0 amide bonds. The van der Waals surface area contributed by atoms with Crippen molar-refractivity contribution in [3.8, 4) is 0 Å². The van der Waals surface area contributed by atoms with Gasteiger partial charge in [-0.15, -0.1) is 0 Å². The summed E-state index contributed by atoms with van der Waals surface area (Å²) in [6, 6.07) is 0. The average Bonchev–Trinajstić information content (AvgIpc) is 2.56. The lowest BCUT2D eigenvalue weighted by molar-refractivity contribution is -0.326. The molecule has 108 valence electrons. The van der Waals surface area contributed by atoms with Gasteiger partial charge in [0.05, 0.1) is 0 Å². The van der Waals surface area contributed by atoms with Crippen LogP contribution in [-0.4, -0.2) is 29.1 Å². The Morgan fingerprint density at radius 1 is 1.11 bits per heavy atom. The first kappa shape index (κ1) is 12.6. The molecule has 1 aliphatic carbocycles. The molecule has 4 nitrogen and oxygen atoms in total. The minimum Gasteiger partial charge on any atom is -0.368 e. The Balaban J connectivity index is 1.81. The highest BCUT2D eigenvalue weighted by molar-refractivity contribution is 5.12. The molecule has 1 saturated carbocycles. The zero-order chi connectivity index (χ0) is 13.4. The molecule has 1 N–H and O–H groups in total. The highest BCUT2D eigenvalue weighted by Crippen LogP contribution is 2.63. The summed E-state index contributed by atoms with van der Waals surface area (Å²) >= 11 is 0. The van der Waals surface area contributed by atoms with Crippen LogP contribution in [0.5, 0.6) is 0 Å². The van der Waals surface area contributed by atoms with Crippen molar-refractivity contribution in [1.29, 1.82) is 0 Å². The van der Waals surface area contributed by atoms with Crippen molar-refractivity contribution in [3.63, 3.8) is 0 Å². The van der Waals surface area contributed by atoms with Crippen molar-refractivity contribution in [2.45, 2.75) is 70.4 Å². The molecule has 0 aromatic carbocycles. The Hall–Kier alpha value is -0.160. The van der Waals surface area contributed by atoms with Gasteiger partial charge < -0.3 is 19.3 Å².